The Labute approximate surface area is 121 Å². The number of likely N-dealkylation sites (N-methyl/N-ethyl adjacent to an activating group) is 1. The smallest absolute Gasteiger partial charge is 0.309 e. The second kappa shape index (κ2) is 9.43. The van der Waals surface area contributed by atoms with Crippen molar-refractivity contribution < 1.29 is 24.3 Å². The Morgan fingerprint density at radius 2 is 1.67 bits per heavy atom. The van der Waals surface area contributed by atoms with Gasteiger partial charge in [0.1, 0.15) is 5.82 Å². The fourth-order valence-electron chi connectivity index (χ4n) is 1.41. The number of benzene rings is 1. The van der Waals surface area contributed by atoms with Gasteiger partial charge in [-0.1, -0.05) is 12.1 Å². The molecule has 5 N–H and O–H groups in total. The number of hydrogen-bond donors (Lipinski definition) is 3. The van der Waals surface area contributed by atoms with Crippen LogP contribution in [0.3, 0.4) is 0 Å². The van der Waals surface area contributed by atoms with Crippen molar-refractivity contribution >= 4 is 17.7 Å². The summed E-state index contributed by atoms with van der Waals surface area (Å²) in [6.45, 7) is 0.0932. The first-order chi connectivity index (χ1) is 9.52. The Bertz CT molecular complexity index is 491. The Morgan fingerprint density at radius 1 is 1.05 bits per heavy atom. The molecule has 0 saturated heterocycles. The summed E-state index contributed by atoms with van der Waals surface area (Å²) in [6.07, 6.45) is 0.551. The van der Waals surface area contributed by atoms with Gasteiger partial charge >= 0.3 is 11.8 Å². The molecule has 1 rings (SSSR count). The van der Waals surface area contributed by atoms with Crippen LogP contribution in [0.25, 0.3) is 0 Å². The van der Waals surface area contributed by atoms with Gasteiger partial charge in [0.2, 0.25) is 5.91 Å². The molecule has 116 valence electrons. The van der Waals surface area contributed by atoms with Crippen molar-refractivity contribution in [2.75, 3.05) is 20.1 Å². The molecular formula is C13H18FN3O4. The normalized spacial score (nSPS) is 9.24. The van der Waals surface area contributed by atoms with Gasteiger partial charge in [0.25, 0.3) is 0 Å². The van der Waals surface area contributed by atoms with E-state index in [0.717, 1.165) is 5.56 Å². The van der Waals surface area contributed by atoms with Crippen LogP contribution in [0.2, 0.25) is 0 Å². The Balaban J connectivity index is 0.00000400. The monoisotopic (exact) mass is 299 g/mol. The van der Waals surface area contributed by atoms with Gasteiger partial charge in [-0.2, -0.15) is 0 Å². The predicted octanol–water partition coefficient (Wildman–Crippen LogP) is -1.48. The number of hydrogen-bond acceptors (Lipinski definition) is 3. The van der Waals surface area contributed by atoms with Crippen LogP contribution in [-0.4, -0.2) is 43.3 Å². The highest BCUT2D eigenvalue weighted by Gasteiger charge is 2.11. The first-order valence-corrected chi connectivity index (χ1v) is 6.04. The van der Waals surface area contributed by atoms with E-state index in [-0.39, 0.29) is 17.8 Å². The minimum atomic E-state index is -0.860. The van der Waals surface area contributed by atoms with Gasteiger partial charge in [-0.15, -0.1) is 0 Å². The highest BCUT2D eigenvalue weighted by atomic mass is 19.1. The molecule has 0 bridgehead atoms. The molecule has 3 amide bonds. The zero-order chi connectivity index (χ0) is 15.0. The lowest BCUT2D eigenvalue weighted by atomic mass is 10.1. The number of halogens is 1. The van der Waals surface area contributed by atoms with Gasteiger partial charge < -0.3 is 21.4 Å². The van der Waals surface area contributed by atoms with Gasteiger partial charge in [0.05, 0.1) is 6.54 Å². The second-order valence-corrected chi connectivity index (χ2v) is 3.99. The van der Waals surface area contributed by atoms with Crippen LogP contribution in [0, 0.1) is 5.82 Å². The van der Waals surface area contributed by atoms with Crippen molar-refractivity contribution in [2.45, 2.75) is 6.42 Å². The molecule has 0 heterocycles. The van der Waals surface area contributed by atoms with Gasteiger partial charge in [-0.3, -0.25) is 14.4 Å². The topological polar surface area (TPSA) is 119 Å². The SMILES string of the molecule is CNC(=O)C(=O)NCC(=O)NCCc1ccc(F)cc1.O. The minimum Gasteiger partial charge on any atom is -0.412 e. The van der Waals surface area contributed by atoms with E-state index in [9.17, 15) is 18.8 Å². The molecule has 21 heavy (non-hydrogen) atoms. The van der Waals surface area contributed by atoms with E-state index in [1.807, 2.05) is 0 Å². The molecule has 1 aromatic carbocycles. The zero-order valence-corrected chi connectivity index (χ0v) is 11.5. The van der Waals surface area contributed by atoms with E-state index in [4.69, 9.17) is 0 Å². The quantitative estimate of drug-likeness (QED) is 0.575. The van der Waals surface area contributed by atoms with Crippen molar-refractivity contribution in [2.24, 2.45) is 0 Å². The zero-order valence-electron chi connectivity index (χ0n) is 11.5. The Hall–Kier alpha value is -2.48. The molecule has 8 heteroatoms. The summed E-state index contributed by atoms with van der Waals surface area (Å²) < 4.78 is 12.7. The minimum absolute atomic E-state index is 0. The summed E-state index contributed by atoms with van der Waals surface area (Å²) in [4.78, 5) is 33.3. The van der Waals surface area contributed by atoms with E-state index in [2.05, 4.69) is 16.0 Å². The fraction of sp³-hybridized carbons (Fsp3) is 0.308. The molecule has 0 spiro atoms. The van der Waals surface area contributed by atoms with Crippen LogP contribution < -0.4 is 16.0 Å². The number of carbonyl (C=O) groups is 3. The van der Waals surface area contributed by atoms with E-state index in [1.165, 1.54) is 19.2 Å². The summed E-state index contributed by atoms with van der Waals surface area (Å²) in [5, 5.41) is 6.90. The van der Waals surface area contributed by atoms with E-state index in [1.54, 1.807) is 12.1 Å². The van der Waals surface area contributed by atoms with E-state index >= 15 is 0 Å². The van der Waals surface area contributed by atoms with Crippen LogP contribution in [0.4, 0.5) is 4.39 Å². The summed E-state index contributed by atoms with van der Waals surface area (Å²) in [5.41, 5.74) is 0.890. The number of carbonyl (C=O) groups excluding carboxylic acids is 3. The van der Waals surface area contributed by atoms with Crippen LogP contribution in [0.5, 0.6) is 0 Å². The van der Waals surface area contributed by atoms with Crippen molar-refractivity contribution in [1.82, 2.24) is 16.0 Å². The standard InChI is InChI=1S/C13H16FN3O3.H2O/c1-15-12(19)13(20)17-8-11(18)16-7-6-9-2-4-10(14)5-3-9;/h2-5H,6-8H2,1H3,(H,15,19)(H,16,18)(H,17,20);1H2. The molecule has 0 radical (unpaired) electrons. The average molecular weight is 299 g/mol. The van der Waals surface area contributed by atoms with E-state index in [0.29, 0.717) is 13.0 Å². The van der Waals surface area contributed by atoms with Crippen LogP contribution in [0.1, 0.15) is 5.56 Å². The highest BCUT2D eigenvalue weighted by Crippen LogP contribution is 2.02. The molecular weight excluding hydrogens is 281 g/mol. The molecule has 7 nitrogen and oxygen atoms in total. The third-order valence-corrected chi connectivity index (χ3v) is 2.49. The molecule has 0 aliphatic heterocycles. The Morgan fingerprint density at radius 3 is 2.24 bits per heavy atom. The van der Waals surface area contributed by atoms with Gasteiger partial charge in [-0.05, 0) is 24.1 Å². The first-order valence-electron chi connectivity index (χ1n) is 6.04. The van der Waals surface area contributed by atoms with Crippen molar-refractivity contribution in [1.29, 1.82) is 0 Å². The first kappa shape index (κ1) is 18.5. The predicted molar refractivity (Wildman–Crippen MR) is 73.8 cm³/mol. The summed E-state index contributed by atoms with van der Waals surface area (Å²) in [6, 6.07) is 5.96. The lowest BCUT2D eigenvalue weighted by Crippen LogP contribution is -2.43. The number of rotatable bonds is 5. The van der Waals surface area contributed by atoms with Gasteiger partial charge in [0.15, 0.2) is 0 Å². The van der Waals surface area contributed by atoms with Crippen LogP contribution in [0.15, 0.2) is 24.3 Å². The number of nitrogens with one attached hydrogen (secondary N) is 3. The maximum absolute atomic E-state index is 12.7. The summed E-state index contributed by atoms with van der Waals surface area (Å²) in [7, 11) is 1.32. The van der Waals surface area contributed by atoms with Gasteiger partial charge in [0, 0.05) is 13.6 Å². The third-order valence-electron chi connectivity index (χ3n) is 2.49. The van der Waals surface area contributed by atoms with Crippen LogP contribution in [-0.2, 0) is 20.8 Å². The fourth-order valence-corrected chi connectivity index (χ4v) is 1.41. The molecule has 0 fully saturated rings. The third kappa shape index (κ3) is 7.02. The summed E-state index contributed by atoms with van der Waals surface area (Å²) >= 11 is 0. The molecule has 0 aromatic heterocycles. The van der Waals surface area contributed by atoms with Crippen LogP contribution >= 0.6 is 0 Å². The van der Waals surface area contributed by atoms with Crippen molar-refractivity contribution in [3.63, 3.8) is 0 Å². The summed E-state index contributed by atoms with van der Waals surface area (Å²) in [5.74, 6) is -2.37. The lowest BCUT2D eigenvalue weighted by Gasteiger charge is -2.06. The lowest BCUT2D eigenvalue weighted by molar-refractivity contribution is -0.139. The van der Waals surface area contributed by atoms with Gasteiger partial charge in [-0.25, -0.2) is 4.39 Å². The largest absolute Gasteiger partial charge is 0.412 e. The molecule has 0 unspecified atom stereocenters. The molecule has 0 aliphatic carbocycles. The highest BCUT2D eigenvalue weighted by molar-refractivity contribution is 6.35. The molecule has 0 saturated carbocycles. The molecule has 1 aromatic rings. The maximum atomic E-state index is 12.7. The van der Waals surface area contributed by atoms with Crippen molar-refractivity contribution in [3.8, 4) is 0 Å². The maximum Gasteiger partial charge on any atom is 0.309 e. The average Bonchev–Trinajstić information content (AvgIpc) is 2.46. The van der Waals surface area contributed by atoms with E-state index < -0.39 is 17.7 Å². The number of amides is 3. The van der Waals surface area contributed by atoms with Crippen molar-refractivity contribution in [3.05, 3.63) is 35.6 Å². The second-order valence-electron chi connectivity index (χ2n) is 3.99. The molecule has 0 atom stereocenters. The Kier molecular flexibility index (Phi) is 8.31. The molecule has 0 aliphatic rings.